The van der Waals surface area contributed by atoms with Gasteiger partial charge in [-0.1, -0.05) is 0 Å². The fraction of sp³-hybridized carbons (Fsp3) is 1.00. The van der Waals surface area contributed by atoms with Crippen molar-refractivity contribution in [1.82, 2.24) is 16.4 Å². The van der Waals surface area contributed by atoms with Crippen molar-refractivity contribution in [1.29, 1.82) is 0 Å². The third kappa shape index (κ3) is 1.79. The van der Waals surface area contributed by atoms with Crippen LogP contribution in [0.1, 0.15) is 19.3 Å². The number of halogens is 3. The van der Waals surface area contributed by atoms with Crippen LogP contribution in [0.5, 0.6) is 0 Å². The van der Waals surface area contributed by atoms with Crippen molar-refractivity contribution in [2.75, 3.05) is 0 Å². The summed E-state index contributed by atoms with van der Waals surface area (Å²) in [5, 5.41) is 0. The van der Waals surface area contributed by atoms with Gasteiger partial charge in [0, 0.05) is 12.1 Å². The van der Waals surface area contributed by atoms with E-state index < -0.39 is 12.1 Å². The molecular weight excluding hydrogens is 183 g/mol. The van der Waals surface area contributed by atoms with Crippen LogP contribution in [0.2, 0.25) is 0 Å². The number of hydrogen-bond donors (Lipinski definition) is 3. The Hall–Kier alpha value is -0.330. The Labute approximate surface area is 74.0 Å². The third-order valence-electron chi connectivity index (χ3n) is 2.83. The lowest BCUT2D eigenvalue weighted by Crippen LogP contribution is -2.43. The van der Waals surface area contributed by atoms with Gasteiger partial charge in [-0.2, -0.15) is 18.7 Å². The van der Waals surface area contributed by atoms with Crippen LogP contribution in [0.3, 0.4) is 0 Å². The minimum Gasteiger partial charge on any atom is -0.240 e. The van der Waals surface area contributed by atoms with Gasteiger partial charge >= 0.3 is 6.18 Å². The number of hydrazine groups is 2. The fourth-order valence-electron chi connectivity index (χ4n) is 2.03. The van der Waals surface area contributed by atoms with Crippen LogP contribution >= 0.6 is 0 Å². The summed E-state index contributed by atoms with van der Waals surface area (Å²) in [7, 11) is 0. The quantitative estimate of drug-likeness (QED) is 0.532. The van der Waals surface area contributed by atoms with Crippen LogP contribution in [0, 0.1) is 5.92 Å². The first-order valence-corrected chi connectivity index (χ1v) is 4.40. The molecule has 1 aliphatic carbocycles. The lowest BCUT2D eigenvalue weighted by atomic mass is 9.83. The van der Waals surface area contributed by atoms with Gasteiger partial charge in [-0.15, -0.1) is 0 Å². The third-order valence-corrected chi connectivity index (χ3v) is 2.83. The number of hydrogen-bond acceptors (Lipinski definition) is 3. The first-order valence-electron chi connectivity index (χ1n) is 4.40. The Morgan fingerprint density at radius 3 is 2.38 bits per heavy atom. The SMILES string of the molecule is FC(F)(F)C1CCC2NNNC2C1. The number of nitrogens with one attached hydrogen (secondary N) is 3. The molecule has 76 valence electrons. The summed E-state index contributed by atoms with van der Waals surface area (Å²) < 4.78 is 37.0. The molecular formula is C7H12F3N3. The predicted octanol–water partition coefficient (Wildman–Crippen LogP) is 0.698. The van der Waals surface area contributed by atoms with E-state index in [4.69, 9.17) is 0 Å². The van der Waals surface area contributed by atoms with Crippen molar-refractivity contribution >= 4 is 0 Å². The van der Waals surface area contributed by atoms with Crippen molar-refractivity contribution < 1.29 is 13.2 Å². The van der Waals surface area contributed by atoms with Gasteiger partial charge in [-0.3, -0.25) is 0 Å². The van der Waals surface area contributed by atoms with Gasteiger partial charge in [0.2, 0.25) is 0 Å². The summed E-state index contributed by atoms with van der Waals surface area (Å²) in [6.07, 6.45) is -3.04. The lowest BCUT2D eigenvalue weighted by Gasteiger charge is -2.31. The Bertz CT molecular complexity index is 194. The Balaban J connectivity index is 1.97. The van der Waals surface area contributed by atoms with E-state index in [1.165, 1.54) is 0 Å². The van der Waals surface area contributed by atoms with E-state index in [0.29, 0.717) is 6.42 Å². The van der Waals surface area contributed by atoms with Gasteiger partial charge in [-0.25, -0.2) is 10.9 Å². The maximum Gasteiger partial charge on any atom is 0.391 e. The molecule has 13 heavy (non-hydrogen) atoms. The maximum atomic E-state index is 12.3. The van der Waals surface area contributed by atoms with Crippen molar-refractivity contribution in [3.63, 3.8) is 0 Å². The first-order chi connectivity index (χ1) is 6.07. The van der Waals surface area contributed by atoms with E-state index in [1.54, 1.807) is 0 Å². The molecule has 2 aliphatic rings. The van der Waals surface area contributed by atoms with E-state index in [2.05, 4.69) is 16.4 Å². The smallest absolute Gasteiger partial charge is 0.240 e. The molecule has 1 heterocycles. The minimum atomic E-state index is -4.03. The van der Waals surface area contributed by atoms with Gasteiger partial charge < -0.3 is 0 Å². The summed E-state index contributed by atoms with van der Waals surface area (Å²) in [5.74, 6) is -1.14. The summed E-state index contributed by atoms with van der Waals surface area (Å²) in [4.78, 5) is 0. The van der Waals surface area contributed by atoms with Crippen LogP contribution in [-0.2, 0) is 0 Å². The average Bonchev–Trinajstić information content (AvgIpc) is 2.47. The molecule has 0 aromatic heterocycles. The highest BCUT2D eigenvalue weighted by Crippen LogP contribution is 2.37. The lowest BCUT2D eigenvalue weighted by molar-refractivity contribution is -0.183. The molecule has 2 fully saturated rings. The molecule has 3 atom stereocenters. The molecule has 3 nitrogen and oxygen atoms in total. The van der Waals surface area contributed by atoms with E-state index >= 15 is 0 Å². The minimum absolute atomic E-state index is 0.0830. The normalized spacial score (nSPS) is 40.4. The van der Waals surface area contributed by atoms with E-state index in [1.807, 2.05) is 0 Å². The van der Waals surface area contributed by atoms with Crippen molar-refractivity contribution in [2.45, 2.75) is 37.5 Å². The summed E-state index contributed by atoms with van der Waals surface area (Å²) in [5.41, 5.74) is 8.37. The molecule has 0 radical (unpaired) electrons. The highest BCUT2D eigenvalue weighted by Gasteiger charge is 2.45. The molecule has 0 spiro atoms. The van der Waals surface area contributed by atoms with Gasteiger partial charge in [-0.05, 0) is 19.3 Å². The topological polar surface area (TPSA) is 36.1 Å². The van der Waals surface area contributed by atoms with E-state index in [9.17, 15) is 13.2 Å². The molecule has 6 heteroatoms. The first kappa shape index (κ1) is 9.23. The van der Waals surface area contributed by atoms with E-state index in [0.717, 1.165) is 0 Å². The van der Waals surface area contributed by atoms with Crippen LogP contribution < -0.4 is 16.4 Å². The van der Waals surface area contributed by atoms with Crippen LogP contribution in [0.15, 0.2) is 0 Å². The van der Waals surface area contributed by atoms with E-state index in [-0.39, 0.29) is 24.9 Å². The average molecular weight is 195 g/mol. The molecule has 1 saturated heterocycles. The Kier molecular flexibility index (Phi) is 2.21. The van der Waals surface area contributed by atoms with Gasteiger partial charge in [0.05, 0.1) is 5.92 Å². The second-order valence-corrected chi connectivity index (χ2v) is 3.68. The highest BCUT2D eigenvalue weighted by atomic mass is 19.4. The summed E-state index contributed by atoms with van der Waals surface area (Å²) in [6.45, 7) is 0. The molecule has 0 bridgehead atoms. The molecule has 3 N–H and O–H groups in total. The van der Waals surface area contributed by atoms with Gasteiger partial charge in [0.1, 0.15) is 0 Å². The molecule has 1 aliphatic heterocycles. The summed E-state index contributed by atoms with van der Waals surface area (Å²) in [6, 6.07) is 0.0685. The molecule has 3 unspecified atom stereocenters. The van der Waals surface area contributed by atoms with Crippen LogP contribution in [0.4, 0.5) is 13.2 Å². The van der Waals surface area contributed by atoms with Crippen molar-refractivity contribution in [3.8, 4) is 0 Å². The molecule has 0 aromatic rings. The van der Waals surface area contributed by atoms with Crippen LogP contribution in [-0.4, -0.2) is 18.3 Å². The zero-order valence-electron chi connectivity index (χ0n) is 6.99. The molecule has 2 rings (SSSR count). The van der Waals surface area contributed by atoms with Gasteiger partial charge in [0.15, 0.2) is 0 Å². The second-order valence-electron chi connectivity index (χ2n) is 3.68. The Morgan fingerprint density at radius 2 is 1.69 bits per heavy atom. The maximum absolute atomic E-state index is 12.3. The Morgan fingerprint density at radius 1 is 1.00 bits per heavy atom. The molecule has 1 saturated carbocycles. The molecule has 0 aromatic carbocycles. The standard InChI is InChI=1S/C7H12F3N3/c8-7(9,10)4-1-2-5-6(3-4)12-13-11-5/h4-6,11-13H,1-3H2. The number of alkyl halides is 3. The summed E-state index contributed by atoms with van der Waals surface area (Å²) >= 11 is 0. The fourth-order valence-corrected chi connectivity index (χ4v) is 2.03. The number of fused-ring (bicyclic) bond motifs is 1. The van der Waals surface area contributed by atoms with Crippen molar-refractivity contribution in [3.05, 3.63) is 0 Å². The predicted molar refractivity (Wildman–Crippen MR) is 40.4 cm³/mol. The zero-order chi connectivity index (χ0) is 9.47. The second kappa shape index (κ2) is 3.11. The van der Waals surface area contributed by atoms with Crippen LogP contribution in [0.25, 0.3) is 0 Å². The monoisotopic (exact) mass is 195 g/mol. The largest absolute Gasteiger partial charge is 0.391 e. The van der Waals surface area contributed by atoms with Crippen molar-refractivity contribution in [2.24, 2.45) is 5.92 Å². The van der Waals surface area contributed by atoms with Gasteiger partial charge in [0.25, 0.3) is 0 Å². The molecule has 0 amide bonds. The zero-order valence-corrected chi connectivity index (χ0v) is 6.99. The number of rotatable bonds is 0. The highest BCUT2D eigenvalue weighted by molar-refractivity contribution is 4.92.